The fourth-order valence-corrected chi connectivity index (χ4v) is 5.70. The first-order valence-electron chi connectivity index (χ1n) is 14.8. The third-order valence-electron chi connectivity index (χ3n) is 8.43. The Morgan fingerprint density at radius 1 is 0.776 bits per heavy atom. The molecule has 49 heavy (non-hydrogen) atoms. The van der Waals surface area contributed by atoms with Crippen LogP contribution in [0, 0.1) is 0 Å². The number of ether oxygens (including phenoxy) is 5. The van der Waals surface area contributed by atoms with Crippen molar-refractivity contribution in [2.75, 3.05) is 19.8 Å². The highest BCUT2D eigenvalue weighted by Crippen LogP contribution is 2.38. The fraction of sp³-hybridized carbons (Fsp3) is 0.885. The van der Waals surface area contributed by atoms with Crippen LogP contribution in [0.3, 0.4) is 0 Å². The molecular weight excluding hydrogens is 678 g/mol. The molecule has 3 aliphatic heterocycles. The Morgan fingerprint density at radius 3 is 1.65 bits per heavy atom. The summed E-state index contributed by atoms with van der Waals surface area (Å²) in [5.74, 6) is -11.0. The number of carboxylic acids is 2. The predicted octanol–water partition coefficient (Wildman–Crippen LogP) is -9.02. The van der Waals surface area contributed by atoms with Crippen molar-refractivity contribution in [3.63, 3.8) is 0 Å². The van der Waals surface area contributed by atoms with Crippen LogP contribution in [0.4, 0.5) is 0 Å². The van der Waals surface area contributed by atoms with E-state index < -0.39 is 154 Å². The molecule has 0 unspecified atom stereocenters. The second-order valence-corrected chi connectivity index (χ2v) is 12.0. The molecule has 0 bridgehead atoms. The molecule has 0 saturated carbocycles. The van der Waals surface area contributed by atoms with E-state index in [1.165, 1.54) is 0 Å². The number of aliphatic hydroxyl groups excluding tert-OH is 12. The van der Waals surface area contributed by atoms with Crippen LogP contribution >= 0.6 is 0 Å². The van der Waals surface area contributed by atoms with E-state index in [2.05, 4.69) is 5.32 Å². The van der Waals surface area contributed by atoms with Gasteiger partial charge in [0.1, 0.15) is 73.2 Å². The Morgan fingerprint density at radius 2 is 1.22 bits per heavy atom. The van der Waals surface area contributed by atoms with Crippen LogP contribution in [0.25, 0.3) is 0 Å². The molecule has 0 spiro atoms. The lowest BCUT2D eigenvalue weighted by Crippen LogP contribution is -2.70. The molecule has 0 aromatic rings. The van der Waals surface area contributed by atoms with Crippen molar-refractivity contribution in [3.8, 4) is 0 Å². The molecule has 23 nitrogen and oxygen atoms in total. The van der Waals surface area contributed by atoms with Crippen molar-refractivity contribution in [1.29, 1.82) is 0 Å². The standard InChI is InChI=1S/C26H43NO22/c1-7(30)27-13-19(47-26(24(43)44)3-9(32)15(36)21(49-26)17(38)11(34)5-29)18(39)12(46-22(13)40)6-45-25(23(41)42)2-8(31)14(35)20(48-25)16(37)10(33)4-28/h8-22,28-29,31-40H,2-6H2,1H3,(H,27,30)(H,41,42)(H,43,44)/t8-,9-,10+,11+,12+,13+,14+,15+,16+,17+,18-,19+,20+,21+,22-,25+,26+/m0/s1. The Balaban J connectivity index is 1.95. The van der Waals surface area contributed by atoms with Crippen LogP contribution in [0.5, 0.6) is 0 Å². The monoisotopic (exact) mass is 721 g/mol. The van der Waals surface area contributed by atoms with Gasteiger partial charge in [0.15, 0.2) is 6.29 Å². The molecule has 0 aliphatic carbocycles. The molecule has 17 atom stereocenters. The molecule has 1 amide bonds. The summed E-state index contributed by atoms with van der Waals surface area (Å²) in [6.07, 6.45) is -31.2. The number of hydrogen-bond donors (Lipinski definition) is 15. The number of amides is 1. The highest BCUT2D eigenvalue weighted by molar-refractivity contribution is 5.76. The van der Waals surface area contributed by atoms with Crippen molar-refractivity contribution in [2.24, 2.45) is 0 Å². The van der Waals surface area contributed by atoms with E-state index in [4.69, 9.17) is 28.8 Å². The van der Waals surface area contributed by atoms with Gasteiger partial charge < -0.3 is 100 Å². The first kappa shape index (κ1) is 41.2. The van der Waals surface area contributed by atoms with Crippen molar-refractivity contribution >= 4 is 17.8 Å². The maximum Gasteiger partial charge on any atom is 0.364 e. The SMILES string of the molecule is CC(=O)N[C@@H]1[C@@H](O[C@]2(C(=O)O)C[C@H](O)[C@@H](O)[C@H]([C@H](O)[C@H](O)CO)O2)[C@@H](O)[C@@H](CO[C@]2(C(=O)O)C[C@H](O)[C@@H](O)[C@H]([C@H](O)[C@H](O)CO)O2)O[C@@H]1O. The molecule has 0 radical (unpaired) electrons. The van der Waals surface area contributed by atoms with E-state index in [1.54, 1.807) is 0 Å². The Labute approximate surface area is 276 Å². The van der Waals surface area contributed by atoms with E-state index in [0.29, 0.717) is 0 Å². The van der Waals surface area contributed by atoms with Gasteiger partial charge in [-0.15, -0.1) is 0 Å². The highest BCUT2D eigenvalue weighted by atomic mass is 16.8. The minimum Gasteiger partial charge on any atom is -0.477 e. The molecule has 3 aliphatic rings. The topological polar surface area (TPSA) is 393 Å². The van der Waals surface area contributed by atoms with Crippen LogP contribution in [0.2, 0.25) is 0 Å². The summed E-state index contributed by atoms with van der Waals surface area (Å²) >= 11 is 0. The minimum absolute atomic E-state index is 0.880. The molecule has 284 valence electrons. The number of carboxylic acid groups (broad SMARTS) is 2. The van der Waals surface area contributed by atoms with E-state index in [9.17, 15) is 80.8 Å². The zero-order chi connectivity index (χ0) is 37.2. The summed E-state index contributed by atoms with van der Waals surface area (Å²) < 4.78 is 26.8. The Bertz CT molecular complexity index is 1150. The first-order chi connectivity index (χ1) is 22.7. The second-order valence-electron chi connectivity index (χ2n) is 12.0. The third kappa shape index (κ3) is 8.62. The van der Waals surface area contributed by atoms with Crippen molar-refractivity contribution in [1.82, 2.24) is 5.32 Å². The molecule has 3 fully saturated rings. The summed E-state index contributed by atoms with van der Waals surface area (Å²) in [6.45, 7) is -2.33. The first-order valence-corrected chi connectivity index (χ1v) is 14.8. The number of aliphatic carboxylic acids is 2. The number of carbonyl (C=O) groups excluding carboxylic acids is 1. The molecule has 0 aromatic heterocycles. The lowest BCUT2D eigenvalue weighted by molar-refractivity contribution is -0.368. The van der Waals surface area contributed by atoms with Crippen LogP contribution < -0.4 is 5.32 Å². The van der Waals surface area contributed by atoms with Gasteiger partial charge >= 0.3 is 11.9 Å². The van der Waals surface area contributed by atoms with Crippen LogP contribution in [-0.2, 0) is 38.1 Å². The van der Waals surface area contributed by atoms with Gasteiger partial charge in [0.05, 0.1) is 32.0 Å². The van der Waals surface area contributed by atoms with Gasteiger partial charge in [-0.25, -0.2) is 9.59 Å². The van der Waals surface area contributed by atoms with Gasteiger partial charge in [-0.1, -0.05) is 0 Å². The fourth-order valence-electron chi connectivity index (χ4n) is 5.70. The van der Waals surface area contributed by atoms with Crippen molar-refractivity contribution < 1.29 is 110 Å². The largest absolute Gasteiger partial charge is 0.477 e. The number of nitrogens with one attached hydrogen (secondary N) is 1. The summed E-state index contributed by atoms with van der Waals surface area (Å²) in [4.78, 5) is 36.9. The van der Waals surface area contributed by atoms with E-state index in [0.717, 1.165) is 6.92 Å². The van der Waals surface area contributed by atoms with Crippen LogP contribution in [0.1, 0.15) is 19.8 Å². The smallest absolute Gasteiger partial charge is 0.364 e. The van der Waals surface area contributed by atoms with Crippen molar-refractivity contribution in [3.05, 3.63) is 0 Å². The maximum absolute atomic E-state index is 12.6. The summed E-state index contributed by atoms with van der Waals surface area (Å²) in [5, 5.41) is 145. The van der Waals surface area contributed by atoms with Gasteiger partial charge in [0, 0.05) is 19.8 Å². The third-order valence-corrected chi connectivity index (χ3v) is 8.43. The Kier molecular flexibility index (Phi) is 13.8. The average molecular weight is 722 g/mol. The highest BCUT2D eigenvalue weighted by Gasteiger charge is 2.60. The minimum atomic E-state index is -3.11. The second kappa shape index (κ2) is 16.4. The van der Waals surface area contributed by atoms with E-state index >= 15 is 0 Å². The summed E-state index contributed by atoms with van der Waals surface area (Å²) in [7, 11) is 0. The normalized spacial score (nSPS) is 42.4. The molecular formula is C26H43NO22. The summed E-state index contributed by atoms with van der Waals surface area (Å²) in [6, 6.07) is -1.84. The van der Waals surface area contributed by atoms with Gasteiger partial charge in [0.2, 0.25) is 5.91 Å². The van der Waals surface area contributed by atoms with Gasteiger partial charge in [-0.05, 0) is 0 Å². The number of hydrogen-bond acceptors (Lipinski definition) is 20. The maximum atomic E-state index is 12.6. The molecule has 23 heteroatoms. The molecule has 0 aromatic carbocycles. The van der Waals surface area contributed by atoms with Gasteiger partial charge in [0.25, 0.3) is 11.6 Å². The van der Waals surface area contributed by atoms with Crippen LogP contribution in [-0.4, -0.2) is 212 Å². The molecule has 15 N–H and O–H groups in total. The van der Waals surface area contributed by atoms with Gasteiger partial charge in [-0.2, -0.15) is 0 Å². The number of rotatable bonds is 14. The molecule has 3 saturated heterocycles. The zero-order valence-electron chi connectivity index (χ0n) is 25.7. The number of carbonyl (C=O) groups is 3. The number of aliphatic hydroxyl groups is 12. The van der Waals surface area contributed by atoms with Crippen LogP contribution in [0.15, 0.2) is 0 Å². The average Bonchev–Trinajstić information content (AvgIpc) is 3.04. The summed E-state index contributed by atoms with van der Waals surface area (Å²) in [5.41, 5.74) is 0. The predicted molar refractivity (Wildman–Crippen MR) is 147 cm³/mol. The van der Waals surface area contributed by atoms with Gasteiger partial charge in [-0.3, -0.25) is 4.79 Å². The quantitative estimate of drug-likeness (QED) is 0.0791. The zero-order valence-corrected chi connectivity index (χ0v) is 25.7. The van der Waals surface area contributed by atoms with E-state index in [1.807, 2.05) is 0 Å². The lowest BCUT2D eigenvalue weighted by atomic mass is 9.89. The lowest BCUT2D eigenvalue weighted by Gasteiger charge is -2.50. The van der Waals surface area contributed by atoms with Crippen molar-refractivity contribution in [2.45, 2.75) is 123 Å². The molecule has 3 heterocycles. The Hall–Kier alpha value is -2.27. The molecule has 3 rings (SSSR count). The van der Waals surface area contributed by atoms with E-state index in [-0.39, 0.29) is 0 Å².